The van der Waals surface area contributed by atoms with Gasteiger partial charge in [-0.1, -0.05) is 6.92 Å². The van der Waals surface area contributed by atoms with Crippen LogP contribution in [0.25, 0.3) is 0 Å². The maximum Gasteiger partial charge on any atom is 0.175 e. The average Bonchev–Trinajstić information content (AvgIpc) is 2.49. The first-order valence-electron chi connectivity index (χ1n) is 7.50. The summed E-state index contributed by atoms with van der Waals surface area (Å²) in [6.07, 6.45) is -5.62. The molecule has 10 N–H and O–H groups in total. The van der Waals surface area contributed by atoms with Gasteiger partial charge in [-0.3, -0.25) is 0 Å². The maximum absolute atomic E-state index is 10.2. The van der Waals surface area contributed by atoms with Crippen LogP contribution in [0.1, 0.15) is 13.3 Å². The van der Waals surface area contributed by atoms with Gasteiger partial charge in [-0.2, -0.15) is 0 Å². The van der Waals surface area contributed by atoms with Crippen molar-refractivity contribution in [2.75, 3.05) is 6.61 Å². The van der Waals surface area contributed by atoms with Gasteiger partial charge in [0.2, 0.25) is 0 Å². The van der Waals surface area contributed by atoms with Gasteiger partial charge in [0.15, 0.2) is 6.29 Å². The van der Waals surface area contributed by atoms with Gasteiger partial charge in [-0.05, 0) is 12.3 Å². The minimum atomic E-state index is -1.18. The zero-order valence-corrected chi connectivity index (χ0v) is 12.5. The van der Waals surface area contributed by atoms with E-state index in [2.05, 4.69) is 0 Å². The number of ether oxygens (including phenoxy) is 2. The molecule has 0 bridgehead atoms. The summed E-state index contributed by atoms with van der Waals surface area (Å²) >= 11 is 0. The first-order valence-corrected chi connectivity index (χ1v) is 7.50. The molecule has 1 heterocycles. The van der Waals surface area contributed by atoms with Crippen LogP contribution >= 0.6 is 0 Å². The number of rotatable bonds is 3. The van der Waals surface area contributed by atoms with E-state index in [-0.39, 0.29) is 5.92 Å². The van der Waals surface area contributed by atoms with Crippen LogP contribution in [0.2, 0.25) is 0 Å². The lowest BCUT2D eigenvalue weighted by Gasteiger charge is -2.46. The molecule has 4 unspecified atom stereocenters. The Morgan fingerprint density at radius 1 is 1.05 bits per heavy atom. The normalized spacial score (nSPS) is 53.5. The number of nitrogens with two attached hydrogens (primary N) is 3. The molecule has 0 aromatic carbocycles. The second kappa shape index (κ2) is 7.04. The third-order valence-electron chi connectivity index (χ3n) is 4.65. The average molecular weight is 321 g/mol. The van der Waals surface area contributed by atoms with Crippen molar-refractivity contribution in [2.24, 2.45) is 23.1 Å². The van der Waals surface area contributed by atoms with Gasteiger partial charge in [-0.25, -0.2) is 0 Å². The molecule has 22 heavy (non-hydrogen) atoms. The van der Waals surface area contributed by atoms with E-state index < -0.39 is 61.5 Å². The number of hydrogen-bond acceptors (Lipinski definition) is 9. The van der Waals surface area contributed by atoms with Crippen molar-refractivity contribution in [1.82, 2.24) is 0 Å². The van der Waals surface area contributed by atoms with E-state index in [9.17, 15) is 20.4 Å². The SMILES string of the molecule is C[C@@H]1CC(N)[C@@H](O[C@H]2OC(CO)[C@@H](O)[C@H](N)C2N)[C@H](O)C1O. The van der Waals surface area contributed by atoms with E-state index in [4.69, 9.17) is 26.7 Å². The highest BCUT2D eigenvalue weighted by Gasteiger charge is 2.47. The molecule has 9 heteroatoms. The van der Waals surface area contributed by atoms with Crippen molar-refractivity contribution in [3.63, 3.8) is 0 Å². The quantitative estimate of drug-likeness (QED) is 0.274. The predicted molar refractivity (Wildman–Crippen MR) is 76.3 cm³/mol. The van der Waals surface area contributed by atoms with Gasteiger partial charge in [-0.15, -0.1) is 0 Å². The van der Waals surface area contributed by atoms with Crippen LogP contribution in [0.15, 0.2) is 0 Å². The summed E-state index contributed by atoms with van der Waals surface area (Å²) in [5.41, 5.74) is 17.7. The molecule has 1 saturated heterocycles. The van der Waals surface area contributed by atoms with E-state index >= 15 is 0 Å². The van der Waals surface area contributed by atoms with Crippen molar-refractivity contribution in [1.29, 1.82) is 0 Å². The van der Waals surface area contributed by atoms with Crippen LogP contribution in [0.5, 0.6) is 0 Å². The minimum Gasteiger partial charge on any atom is -0.394 e. The Balaban J connectivity index is 2.08. The number of hydrogen-bond donors (Lipinski definition) is 7. The lowest BCUT2D eigenvalue weighted by atomic mass is 9.80. The lowest BCUT2D eigenvalue weighted by Crippen LogP contribution is -2.68. The molecule has 2 fully saturated rings. The third-order valence-corrected chi connectivity index (χ3v) is 4.65. The number of aliphatic hydroxyl groups excluding tert-OH is 4. The summed E-state index contributed by atoms with van der Waals surface area (Å²) in [4.78, 5) is 0. The molecule has 9 nitrogen and oxygen atoms in total. The Kier molecular flexibility index (Phi) is 5.75. The molecule has 10 atom stereocenters. The smallest absolute Gasteiger partial charge is 0.175 e. The largest absolute Gasteiger partial charge is 0.394 e. The van der Waals surface area contributed by atoms with Gasteiger partial charge >= 0.3 is 0 Å². The maximum atomic E-state index is 10.2. The Labute approximate surface area is 129 Å². The molecule has 1 saturated carbocycles. The van der Waals surface area contributed by atoms with Crippen molar-refractivity contribution in [3.8, 4) is 0 Å². The van der Waals surface area contributed by atoms with Gasteiger partial charge in [0.1, 0.15) is 18.3 Å². The van der Waals surface area contributed by atoms with Crippen LogP contribution in [-0.2, 0) is 9.47 Å². The van der Waals surface area contributed by atoms with E-state index in [1.165, 1.54) is 0 Å². The molecule has 0 radical (unpaired) electrons. The van der Waals surface area contributed by atoms with E-state index in [1.807, 2.05) is 0 Å². The second-order valence-corrected chi connectivity index (χ2v) is 6.33. The molecule has 2 rings (SSSR count). The van der Waals surface area contributed by atoms with Gasteiger partial charge in [0.25, 0.3) is 0 Å². The Hall–Kier alpha value is -0.360. The first-order chi connectivity index (χ1) is 10.3. The highest BCUT2D eigenvalue weighted by atomic mass is 16.7. The molecule has 0 aromatic heterocycles. The van der Waals surface area contributed by atoms with Gasteiger partial charge < -0.3 is 47.1 Å². The molecule has 0 amide bonds. The summed E-state index contributed by atoms with van der Waals surface area (Å²) in [6.45, 7) is 1.35. The van der Waals surface area contributed by atoms with Crippen LogP contribution in [0.4, 0.5) is 0 Å². The van der Waals surface area contributed by atoms with Crippen LogP contribution < -0.4 is 17.2 Å². The summed E-state index contributed by atoms with van der Waals surface area (Å²) in [5, 5.41) is 39.2. The molecule has 2 aliphatic rings. The highest BCUT2D eigenvalue weighted by Crippen LogP contribution is 2.29. The zero-order valence-electron chi connectivity index (χ0n) is 12.5. The highest BCUT2D eigenvalue weighted by molar-refractivity contribution is 4.98. The zero-order chi connectivity index (χ0) is 16.6. The summed E-state index contributed by atoms with van der Waals surface area (Å²) in [6, 6.07) is -2.20. The van der Waals surface area contributed by atoms with Crippen LogP contribution in [-0.4, -0.2) is 82.0 Å². The molecule has 0 spiro atoms. The Morgan fingerprint density at radius 3 is 2.27 bits per heavy atom. The molecule has 130 valence electrons. The molecule has 0 aromatic rings. The standard InChI is InChI=1S/C13H27N3O6/c1-4-2-5(14)12(11(20)9(4)18)22-13-8(16)7(15)10(19)6(3-17)21-13/h4-13,17-20H,2-3,14-16H2,1H3/t4-,5?,6?,7-,8?,9?,10-,11-,12-,13-/m1/s1. The minimum absolute atomic E-state index is 0.153. The lowest BCUT2D eigenvalue weighted by molar-refractivity contribution is -0.279. The summed E-state index contributed by atoms with van der Waals surface area (Å²) < 4.78 is 11.1. The summed E-state index contributed by atoms with van der Waals surface area (Å²) in [5.74, 6) is -0.153. The van der Waals surface area contributed by atoms with Gasteiger partial charge in [0.05, 0.1) is 30.9 Å². The van der Waals surface area contributed by atoms with Crippen molar-refractivity contribution in [3.05, 3.63) is 0 Å². The Bertz CT molecular complexity index is 374. The van der Waals surface area contributed by atoms with Crippen molar-refractivity contribution in [2.45, 2.75) is 68.3 Å². The monoisotopic (exact) mass is 321 g/mol. The molecule has 1 aliphatic carbocycles. The van der Waals surface area contributed by atoms with E-state index in [1.54, 1.807) is 6.92 Å². The predicted octanol–water partition coefficient (Wildman–Crippen LogP) is -3.81. The molecular weight excluding hydrogens is 294 g/mol. The topological polar surface area (TPSA) is 177 Å². The van der Waals surface area contributed by atoms with Crippen molar-refractivity contribution >= 4 is 0 Å². The fraction of sp³-hybridized carbons (Fsp3) is 1.00. The van der Waals surface area contributed by atoms with Crippen molar-refractivity contribution < 1.29 is 29.9 Å². The second-order valence-electron chi connectivity index (χ2n) is 6.33. The first kappa shape index (κ1) is 18.0. The van der Waals surface area contributed by atoms with E-state index in [0.29, 0.717) is 6.42 Å². The number of aliphatic hydroxyl groups is 4. The third kappa shape index (κ3) is 3.28. The molecule has 1 aliphatic heterocycles. The summed E-state index contributed by atoms with van der Waals surface area (Å²) in [7, 11) is 0. The fourth-order valence-corrected chi connectivity index (χ4v) is 3.10. The van der Waals surface area contributed by atoms with Crippen LogP contribution in [0, 0.1) is 5.92 Å². The Morgan fingerprint density at radius 2 is 1.68 bits per heavy atom. The van der Waals surface area contributed by atoms with E-state index in [0.717, 1.165) is 0 Å². The fourth-order valence-electron chi connectivity index (χ4n) is 3.10. The van der Waals surface area contributed by atoms with Gasteiger partial charge in [0, 0.05) is 6.04 Å². The van der Waals surface area contributed by atoms with Crippen LogP contribution in [0.3, 0.4) is 0 Å². The molecular formula is C13H27N3O6.